The summed E-state index contributed by atoms with van der Waals surface area (Å²) in [7, 11) is 0. The van der Waals surface area contributed by atoms with E-state index in [4.69, 9.17) is 0 Å². The summed E-state index contributed by atoms with van der Waals surface area (Å²) in [5, 5.41) is 13.7. The first-order valence-electron chi connectivity index (χ1n) is 12.1. The van der Waals surface area contributed by atoms with Gasteiger partial charge in [-0.25, -0.2) is 9.07 Å². The zero-order valence-corrected chi connectivity index (χ0v) is 21.0. The van der Waals surface area contributed by atoms with Crippen LogP contribution < -0.4 is 5.56 Å². The molecule has 0 aliphatic heterocycles. The van der Waals surface area contributed by atoms with Crippen LogP contribution in [0.1, 0.15) is 69.1 Å². The van der Waals surface area contributed by atoms with E-state index in [-0.39, 0.29) is 23.0 Å². The smallest absolute Gasteiger partial charge is 0.252 e. The molecule has 0 bridgehead atoms. The van der Waals surface area contributed by atoms with Gasteiger partial charge in [0.05, 0.1) is 17.1 Å². The largest absolute Gasteiger partial charge is 0.321 e. The summed E-state index contributed by atoms with van der Waals surface area (Å²) in [5.74, 6) is 0.483. The second-order valence-electron chi connectivity index (χ2n) is 9.73. The first-order valence-corrected chi connectivity index (χ1v) is 12.1. The molecule has 0 amide bonds. The van der Waals surface area contributed by atoms with E-state index in [1.54, 1.807) is 12.1 Å². The monoisotopic (exact) mass is 476 g/mol. The minimum atomic E-state index is -0.276. The van der Waals surface area contributed by atoms with Crippen molar-refractivity contribution in [1.29, 1.82) is 0 Å². The number of tetrazole rings is 1. The molecule has 4 aromatic rings. The minimum Gasteiger partial charge on any atom is -0.321 e. The average molecular weight is 477 g/mol. The van der Waals surface area contributed by atoms with Crippen LogP contribution in [0.5, 0.6) is 0 Å². The summed E-state index contributed by atoms with van der Waals surface area (Å²) >= 11 is 0. The molecule has 0 unspecified atom stereocenters. The van der Waals surface area contributed by atoms with Gasteiger partial charge in [-0.2, -0.15) is 0 Å². The maximum absolute atomic E-state index is 13.6. The first kappa shape index (κ1) is 24.7. The van der Waals surface area contributed by atoms with Crippen molar-refractivity contribution in [1.82, 2.24) is 30.1 Å². The van der Waals surface area contributed by atoms with Gasteiger partial charge in [0.25, 0.3) is 5.56 Å². The molecule has 2 heterocycles. The van der Waals surface area contributed by atoms with Crippen LogP contribution in [-0.4, -0.2) is 30.1 Å². The third kappa shape index (κ3) is 5.17. The molecule has 0 radical (unpaired) electrons. The number of aromatic nitrogens is 5. The van der Waals surface area contributed by atoms with Crippen LogP contribution in [0.2, 0.25) is 0 Å². The molecule has 2 aromatic carbocycles. The van der Waals surface area contributed by atoms with Crippen LogP contribution in [0.4, 0.5) is 4.39 Å². The van der Waals surface area contributed by atoms with Gasteiger partial charge in [-0.15, -0.1) is 5.10 Å². The number of hydrogen-bond acceptors (Lipinski definition) is 5. The van der Waals surface area contributed by atoms with E-state index in [0.717, 1.165) is 40.7 Å². The zero-order chi connectivity index (χ0) is 25.2. The van der Waals surface area contributed by atoms with Gasteiger partial charge in [0.1, 0.15) is 5.82 Å². The highest BCUT2D eigenvalue weighted by Gasteiger charge is 2.31. The topological polar surface area (TPSA) is 79.7 Å². The molecule has 1 atom stereocenters. The first-order chi connectivity index (χ1) is 16.7. The molecule has 0 saturated heterocycles. The minimum absolute atomic E-state index is 0.112. The lowest BCUT2D eigenvalue weighted by molar-refractivity contribution is 0.150. The van der Waals surface area contributed by atoms with Crippen molar-refractivity contribution >= 4 is 10.9 Å². The molecule has 0 aliphatic rings. The van der Waals surface area contributed by atoms with E-state index >= 15 is 0 Å². The van der Waals surface area contributed by atoms with Crippen LogP contribution in [0.3, 0.4) is 0 Å². The number of nitrogens with zero attached hydrogens (tertiary/aromatic N) is 5. The summed E-state index contributed by atoms with van der Waals surface area (Å²) in [6.45, 7) is 11.3. The summed E-state index contributed by atoms with van der Waals surface area (Å²) in [4.78, 5) is 18.4. The molecule has 35 heavy (non-hydrogen) atoms. The number of nitrogens with one attached hydrogen (secondary N) is 1. The van der Waals surface area contributed by atoms with Crippen molar-refractivity contribution in [2.24, 2.45) is 0 Å². The number of H-pyrrole nitrogens is 1. The Bertz CT molecular complexity index is 1360. The number of rotatable bonds is 9. The maximum Gasteiger partial charge on any atom is 0.252 e. The molecule has 4 rings (SSSR count). The molecule has 0 fully saturated rings. The number of halogens is 1. The molecule has 7 nitrogen and oxygen atoms in total. The Morgan fingerprint density at radius 2 is 1.86 bits per heavy atom. The molecular weight excluding hydrogens is 443 g/mol. The maximum atomic E-state index is 13.6. The van der Waals surface area contributed by atoms with Crippen LogP contribution >= 0.6 is 0 Å². The van der Waals surface area contributed by atoms with Crippen LogP contribution in [-0.2, 0) is 18.6 Å². The Hall–Kier alpha value is -3.39. The van der Waals surface area contributed by atoms with Gasteiger partial charge in [-0.1, -0.05) is 44.2 Å². The van der Waals surface area contributed by atoms with Crippen molar-refractivity contribution < 1.29 is 4.39 Å². The van der Waals surface area contributed by atoms with Gasteiger partial charge in [-0.3, -0.25) is 9.69 Å². The quantitative estimate of drug-likeness (QED) is 0.356. The summed E-state index contributed by atoms with van der Waals surface area (Å²) < 4.78 is 15.5. The van der Waals surface area contributed by atoms with Crippen LogP contribution in [0.25, 0.3) is 10.9 Å². The third-order valence-corrected chi connectivity index (χ3v) is 6.90. The molecule has 0 aliphatic carbocycles. The molecule has 8 heteroatoms. The molecular formula is C27H33FN6O. The Balaban J connectivity index is 1.78. The van der Waals surface area contributed by atoms with Gasteiger partial charge >= 0.3 is 0 Å². The van der Waals surface area contributed by atoms with E-state index in [1.165, 1.54) is 12.1 Å². The number of fused-ring (bicyclic) bond motifs is 1. The Morgan fingerprint density at radius 3 is 2.54 bits per heavy atom. The number of para-hydroxylation sites is 1. The van der Waals surface area contributed by atoms with Crippen molar-refractivity contribution in [2.75, 3.05) is 0 Å². The molecule has 1 N–H and O–H groups in total. The SMILES string of the molecule is CC[C@H](c1nnnn1C(C)(C)CC)N(Cc1ccc(F)cc1)Cc1cc2cccc(C)c2[nH]c1=O. The lowest BCUT2D eigenvalue weighted by Crippen LogP contribution is -2.36. The standard InChI is InChI=1S/C27H33FN6O/c1-6-23(25-30-31-32-34(25)27(4,5)7-2)33(16-19-11-13-22(28)14-12-19)17-21-15-20-10-8-9-18(3)24(20)29-26(21)35/h8-15,23H,6-7,16-17H2,1-5H3,(H,29,35)/t23-/m1/s1. The van der Waals surface area contributed by atoms with E-state index < -0.39 is 0 Å². The fraction of sp³-hybridized carbons (Fsp3) is 0.407. The molecule has 184 valence electrons. The third-order valence-electron chi connectivity index (χ3n) is 6.90. The Labute approximate surface area is 205 Å². The van der Waals surface area contributed by atoms with E-state index in [9.17, 15) is 9.18 Å². The lowest BCUT2D eigenvalue weighted by atomic mass is 10.0. The van der Waals surface area contributed by atoms with E-state index in [1.807, 2.05) is 35.9 Å². The Kier molecular flexibility index (Phi) is 7.12. The van der Waals surface area contributed by atoms with Gasteiger partial charge in [-0.05, 0) is 78.8 Å². The van der Waals surface area contributed by atoms with E-state index in [0.29, 0.717) is 18.7 Å². The normalized spacial score (nSPS) is 13.0. The van der Waals surface area contributed by atoms with Crippen molar-refractivity contribution in [3.05, 3.63) is 87.2 Å². The van der Waals surface area contributed by atoms with Crippen molar-refractivity contribution in [3.63, 3.8) is 0 Å². The molecule has 2 aromatic heterocycles. The summed E-state index contributed by atoms with van der Waals surface area (Å²) in [6, 6.07) is 14.3. The van der Waals surface area contributed by atoms with Crippen molar-refractivity contribution in [3.8, 4) is 0 Å². The Morgan fingerprint density at radius 1 is 1.11 bits per heavy atom. The number of aryl methyl sites for hydroxylation is 1. The summed E-state index contributed by atoms with van der Waals surface area (Å²) in [6.07, 6.45) is 1.61. The number of hydrogen-bond donors (Lipinski definition) is 1. The highest BCUT2D eigenvalue weighted by Crippen LogP contribution is 2.30. The second-order valence-corrected chi connectivity index (χ2v) is 9.73. The highest BCUT2D eigenvalue weighted by atomic mass is 19.1. The number of benzene rings is 2. The number of pyridine rings is 1. The van der Waals surface area contributed by atoms with Gasteiger partial charge < -0.3 is 4.98 Å². The van der Waals surface area contributed by atoms with Gasteiger partial charge in [0.15, 0.2) is 5.82 Å². The van der Waals surface area contributed by atoms with Gasteiger partial charge in [0.2, 0.25) is 0 Å². The average Bonchev–Trinajstić information content (AvgIpc) is 3.33. The lowest BCUT2D eigenvalue weighted by Gasteiger charge is -2.33. The van der Waals surface area contributed by atoms with Crippen LogP contribution in [0.15, 0.2) is 53.3 Å². The van der Waals surface area contributed by atoms with E-state index in [2.05, 4.69) is 53.1 Å². The fourth-order valence-corrected chi connectivity index (χ4v) is 4.45. The van der Waals surface area contributed by atoms with Crippen LogP contribution in [0, 0.1) is 12.7 Å². The van der Waals surface area contributed by atoms with Crippen molar-refractivity contribution in [2.45, 2.75) is 72.1 Å². The predicted molar refractivity (Wildman–Crippen MR) is 135 cm³/mol. The highest BCUT2D eigenvalue weighted by molar-refractivity contribution is 5.81. The number of aromatic amines is 1. The predicted octanol–water partition coefficient (Wildman–Crippen LogP) is 5.26. The molecule has 0 spiro atoms. The second kappa shape index (κ2) is 10.1. The zero-order valence-electron chi connectivity index (χ0n) is 21.0. The summed E-state index contributed by atoms with van der Waals surface area (Å²) in [5.41, 5.74) is 3.13. The fourth-order valence-electron chi connectivity index (χ4n) is 4.45. The molecule has 0 saturated carbocycles. The van der Waals surface area contributed by atoms with Gasteiger partial charge in [0, 0.05) is 18.7 Å².